The second-order valence-electron chi connectivity index (χ2n) is 14.0. The van der Waals surface area contributed by atoms with Crippen molar-refractivity contribution in [3.63, 3.8) is 0 Å². The van der Waals surface area contributed by atoms with Crippen molar-refractivity contribution in [3.8, 4) is 0 Å². The number of hydrogen-bond donors (Lipinski definition) is 2. The molecule has 2 N–H and O–H groups in total. The molecule has 10 nitrogen and oxygen atoms in total. The van der Waals surface area contributed by atoms with Crippen LogP contribution in [0.15, 0.2) is 12.2 Å². The van der Waals surface area contributed by atoms with E-state index in [9.17, 15) is 24.2 Å². The summed E-state index contributed by atoms with van der Waals surface area (Å²) in [5.74, 6) is -0.963. The molecule has 0 aromatic carbocycles. The van der Waals surface area contributed by atoms with Crippen molar-refractivity contribution < 1.29 is 77.3 Å². The number of unbranched alkanes of at least 4 members (excludes halogenated alkanes) is 23. The SMILES string of the molecule is CCCCCCCC/C=C\CCCCCCCC(=O)OC[C@H](COP(=O)([O-])OCC(O)CO)OC(=O)CCCCCCCCCCCCCCC.[Na+].[Na]. The summed E-state index contributed by atoms with van der Waals surface area (Å²) in [4.78, 5) is 37.0. The molecule has 0 amide bonds. The van der Waals surface area contributed by atoms with E-state index < -0.39 is 51.8 Å². The Balaban J connectivity index is -0.0000125. The second kappa shape index (κ2) is 43.8. The van der Waals surface area contributed by atoms with Crippen LogP contribution in [0.3, 0.4) is 0 Å². The monoisotopic (exact) mass is 793 g/mol. The number of rotatable bonds is 39. The van der Waals surface area contributed by atoms with Gasteiger partial charge in [-0.2, -0.15) is 0 Å². The van der Waals surface area contributed by atoms with Crippen LogP contribution in [0, 0.1) is 0 Å². The van der Waals surface area contributed by atoms with Crippen LogP contribution in [-0.2, 0) is 32.7 Å². The molecule has 2 unspecified atom stereocenters. The first-order chi connectivity index (χ1) is 24.7. The van der Waals surface area contributed by atoms with E-state index in [-0.39, 0.29) is 78.6 Å². The van der Waals surface area contributed by atoms with Crippen LogP contribution < -0.4 is 34.5 Å². The molecule has 1 radical (unpaired) electrons. The molecule has 0 saturated carbocycles. The van der Waals surface area contributed by atoms with E-state index in [4.69, 9.17) is 19.1 Å². The van der Waals surface area contributed by atoms with Gasteiger partial charge in [-0.05, 0) is 38.5 Å². The predicted octanol–water partition coefficient (Wildman–Crippen LogP) is 6.44. The van der Waals surface area contributed by atoms with Gasteiger partial charge in [0.25, 0.3) is 7.82 Å². The van der Waals surface area contributed by atoms with Gasteiger partial charge in [-0.15, -0.1) is 0 Å². The third-order valence-electron chi connectivity index (χ3n) is 8.91. The van der Waals surface area contributed by atoms with Gasteiger partial charge in [0.15, 0.2) is 6.10 Å². The van der Waals surface area contributed by atoms with E-state index in [1.165, 1.54) is 103 Å². The molecule has 53 heavy (non-hydrogen) atoms. The van der Waals surface area contributed by atoms with Crippen molar-refractivity contribution >= 4 is 49.3 Å². The topological polar surface area (TPSA) is 152 Å². The van der Waals surface area contributed by atoms with Gasteiger partial charge in [0.1, 0.15) is 12.7 Å². The first-order valence-electron chi connectivity index (χ1n) is 20.6. The van der Waals surface area contributed by atoms with Crippen LogP contribution in [-0.4, -0.2) is 90.3 Å². The molecule has 0 fully saturated rings. The molecule has 303 valence electrons. The number of aliphatic hydroxyl groups excluding tert-OH is 2. The Morgan fingerprint density at radius 2 is 0.981 bits per heavy atom. The van der Waals surface area contributed by atoms with Crippen LogP contribution in [0.2, 0.25) is 0 Å². The van der Waals surface area contributed by atoms with Gasteiger partial charge >= 0.3 is 41.5 Å². The van der Waals surface area contributed by atoms with Crippen LogP contribution in [0.1, 0.15) is 194 Å². The number of ether oxygens (including phenoxy) is 2. The average Bonchev–Trinajstić information content (AvgIpc) is 3.12. The number of carbonyl (C=O) groups excluding carboxylic acids is 2. The zero-order chi connectivity index (χ0) is 37.7. The molecule has 0 rings (SSSR count). The standard InChI is InChI=1S/C40H77O10P.2Na/c1-3-5-7-9-11-13-15-17-18-20-21-23-25-27-29-31-39(43)47-35-38(36-49-51(45,46)48-34-37(42)33-41)50-40(44)32-30-28-26-24-22-19-16-14-12-10-8-6-4-2;;/h17-18,37-38,41-42H,3-16,19-36H2,1-2H3,(H,45,46);;/q;;+1/p-1/b18-17-;;/t37?,38-;;/m1../s1. The maximum absolute atomic E-state index is 12.5. The Labute approximate surface area is 368 Å². The van der Waals surface area contributed by atoms with E-state index in [1.54, 1.807) is 0 Å². The molecule has 0 aliphatic heterocycles. The molecule has 0 heterocycles. The quantitative estimate of drug-likeness (QED) is 0.0234. The molecule has 0 bridgehead atoms. The van der Waals surface area contributed by atoms with Gasteiger partial charge in [-0.3, -0.25) is 14.2 Å². The summed E-state index contributed by atoms with van der Waals surface area (Å²) in [5.41, 5.74) is 0. The van der Waals surface area contributed by atoms with Gasteiger partial charge in [-0.1, -0.05) is 154 Å². The summed E-state index contributed by atoms with van der Waals surface area (Å²) >= 11 is 0. The molecule has 3 atom stereocenters. The maximum atomic E-state index is 12.5. The van der Waals surface area contributed by atoms with Crippen molar-refractivity contribution in [1.82, 2.24) is 0 Å². The first-order valence-corrected chi connectivity index (χ1v) is 22.1. The molecule has 0 aliphatic carbocycles. The predicted molar refractivity (Wildman–Crippen MR) is 209 cm³/mol. The van der Waals surface area contributed by atoms with E-state index >= 15 is 0 Å². The molecular weight excluding hydrogens is 717 g/mol. The van der Waals surface area contributed by atoms with Crippen molar-refractivity contribution in [3.05, 3.63) is 12.2 Å². The fraction of sp³-hybridized carbons (Fsp3) is 0.900. The molecule has 0 spiro atoms. The zero-order valence-corrected chi connectivity index (χ0v) is 39.4. The van der Waals surface area contributed by atoms with Crippen molar-refractivity contribution in [2.75, 3.05) is 26.4 Å². The Bertz CT molecular complexity index is 880. The first kappa shape index (κ1) is 58.0. The summed E-state index contributed by atoms with van der Waals surface area (Å²) in [6, 6.07) is 0. The summed E-state index contributed by atoms with van der Waals surface area (Å²) in [6.45, 7) is 2.19. The fourth-order valence-corrected chi connectivity index (χ4v) is 6.47. The van der Waals surface area contributed by atoms with Gasteiger partial charge < -0.3 is 33.6 Å². The molecule has 0 aromatic heterocycles. The smallest absolute Gasteiger partial charge is 0.756 e. The van der Waals surface area contributed by atoms with E-state index in [0.29, 0.717) is 12.8 Å². The van der Waals surface area contributed by atoms with Gasteiger partial charge in [0, 0.05) is 42.4 Å². The Morgan fingerprint density at radius 3 is 1.42 bits per heavy atom. The van der Waals surface area contributed by atoms with E-state index in [0.717, 1.165) is 51.4 Å². The Kier molecular flexibility index (Phi) is 48.0. The number of phosphoric acid groups is 1. The molecular formula is C40H76Na2O10P. The molecule has 13 heteroatoms. The van der Waals surface area contributed by atoms with Crippen molar-refractivity contribution in [2.45, 2.75) is 206 Å². The van der Waals surface area contributed by atoms with Crippen LogP contribution in [0.4, 0.5) is 0 Å². The number of esters is 2. The van der Waals surface area contributed by atoms with Crippen LogP contribution >= 0.6 is 7.82 Å². The number of allylic oxidation sites excluding steroid dienone is 2. The minimum absolute atomic E-state index is 0. The second-order valence-corrected chi connectivity index (χ2v) is 15.4. The van der Waals surface area contributed by atoms with Crippen LogP contribution in [0.5, 0.6) is 0 Å². The zero-order valence-electron chi connectivity index (χ0n) is 34.5. The van der Waals surface area contributed by atoms with Crippen molar-refractivity contribution in [2.24, 2.45) is 0 Å². The number of aliphatic hydroxyl groups is 2. The molecule has 0 aromatic rings. The maximum Gasteiger partial charge on any atom is 1.00 e. The summed E-state index contributed by atoms with van der Waals surface area (Å²) < 4.78 is 32.3. The van der Waals surface area contributed by atoms with Crippen molar-refractivity contribution in [1.29, 1.82) is 0 Å². The minimum atomic E-state index is -4.86. The Morgan fingerprint density at radius 1 is 0.604 bits per heavy atom. The summed E-state index contributed by atoms with van der Waals surface area (Å²) in [5, 5.41) is 18.2. The van der Waals surface area contributed by atoms with Gasteiger partial charge in [0.2, 0.25) is 0 Å². The summed E-state index contributed by atoms with van der Waals surface area (Å²) in [6.07, 6.45) is 32.9. The third-order valence-corrected chi connectivity index (χ3v) is 9.84. The number of phosphoric ester groups is 1. The number of hydrogen-bond acceptors (Lipinski definition) is 10. The van der Waals surface area contributed by atoms with Gasteiger partial charge in [0.05, 0.1) is 19.8 Å². The minimum Gasteiger partial charge on any atom is -0.756 e. The largest absolute Gasteiger partial charge is 1.00 e. The third kappa shape index (κ3) is 43.7. The summed E-state index contributed by atoms with van der Waals surface area (Å²) in [7, 11) is -4.86. The average molecular weight is 794 g/mol. The molecule has 0 aliphatic rings. The van der Waals surface area contributed by atoms with Gasteiger partial charge in [-0.25, -0.2) is 0 Å². The van der Waals surface area contributed by atoms with E-state index in [2.05, 4.69) is 30.5 Å². The molecule has 0 saturated heterocycles. The fourth-order valence-electron chi connectivity index (χ4n) is 5.69. The normalized spacial score (nSPS) is 13.5. The Hall–Kier alpha value is 0.710. The van der Waals surface area contributed by atoms with Crippen LogP contribution in [0.25, 0.3) is 0 Å². The number of carbonyl (C=O) groups is 2. The van der Waals surface area contributed by atoms with E-state index in [1.807, 2.05) is 0 Å².